The number of hydrogen-bond acceptors (Lipinski definition) is 4. The number of hydrogen-bond donors (Lipinski definition) is 2. The van der Waals surface area contributed by atoms with Crippen molar-refractivity contribution in [3.8, 4) is 11.8 Å². The van der Waals surface area contributed by atoms with E-state index in [9.17, 15) is 13.2 Å². The molecule has 9 heteroatoms. The SMILES string of the molecule is C[C@H](CCO)Nc1cc(Cl)ncc1C#Cc1cnn(C(F)(F)F)c1. The Bertz CT molecular complexity index is 764. The highest BCUT2D eigenvalue weighted by Crippen LogP contribution is 2.22. The van der Waals surface area contributed by atoms with Gasteiger partial charge in [0.15, 0.2) is 0 Å². The first-order valence-electron chi connectivity index (χ1n) is 6.96. The van der Waals surface area contributed by atoms with Gasteiger partial charge in [0.25, 0.3) is 0 Å². The van der Waals surface area contributed by atoms with E-state index in [1.165, 1.54) is 6.20 Å². The first kappa shape index (κ1) is 18.1. The largest absolute Gasteiger partial charge is 0.504 e. The molecule has 0 spiro atoms. The second-order valence-electron chi connectivity index (χ2n) is 5.00. The maximum absolute atomic E-state index is 12.5. The van der Waals surface area contributed by atoms with Crippen LogP contribution in [-0.4, -0.2) is 32.5 Å². The molecule has 0 aliphatic heterocycles. The lowest BCUT2D eigenvalue weighted by atomic mass is 10.2. The van der Waals surface area contributed by atoms with E-state index in [-0.39, 0.29) is 28.0 Å². The van der Waals surface area contributed by atoms with Crippen molar-refractivity contribution in [1.29, 1.82) is 0 Å². The molecule has 2 N–H and O–H groups in total. The monoisotopic (exact) mass is 358 g/mol. The molecule has 2 aromatic heterocycles. The Labute approximate surface area is 141 Å². The van der Waals surface area contributed by atoms with Gasteiger partial charge in [0.2, 0.25) is 0 Å². The maximum atomic E-state index is 12.5. The number of aliphatic hydroxyl groups is 1. The van der Waals surface area contributed by atoms with Crippen molar-refractivity contribution in [3.63, 3.8) is 0 Å². The van der Waals surface area contributed by atoms with Crippen molar-refractivity contribution in [2.24, 2.45) is 0 Å². The zero-order valence-corrected chi connectivity index (χ0v) is 13.4. The maximum Gasteiger partial charge on any atom is 0.504 e. The quantitative estimate of drug-likeness (QED) is 0.651. The van der Waals surface area contributed by atoms with Crippen LogP contribution in [0.4, 0.5) is 18.9 Å². The second kappa shape index (κ2) is 7.55. The van der Waals surface area contributed by atoms with Gasteiger partial charge in [0.1, 0.15) is 5.15 Å². The lowest BCUT2D eigenvalue weighted by molar-refractivity contribution is -0.212. The molecule has 0 aliphatic carbocycles. The van der Waals surface area contributed by atoms with Crippen LogP contribution >= 0.6 is 11.6 Å². The van der Waals surface area contributed by atoms with Crippen LogP contribution in [0.3, 0.4) is 0 Å². The Kier molecular flexibility index (Phi) is 5.70. The van der Waals surface area contributed by atoms with Crippen LogP contribution in [0.15, 0.2) is 24.7 Å². The molecule has 2 heterocycles. The Hall–Kier alpha value is -2.24. The van der Waals surface area contributed by atoms with Crippen LogP contribution in [0.5, 0.6) is 0 Å². The van der Waals surface area contributed by atoms with E-state index in [1.54, 1.807) is 6.07 Å². The molecule has 0 unspecified atom stereocenters. The Morgan fingerprint density at radius 3 is 2.75 bits per heavy atom. The van der Waals surface area contributed by atoms with E-state index in [0.29, 0.717) is 17.7 Å². The lowest BCUT2D eigenvalue weighted by Gasteiger charge is -2.15. The molecule has 0 saturated carbocycles. The molecular formula is C15H14ClF3N4O. The summed E-state index contributed by atoms with van der Waals surface area (Å²) in [5, 5.41) is 15.6. The number of aromatic nitrogens is 3. The van der Waals surface area contributed by atoms with E-state index in [4.69, 9.17) is 16.7 Å². The normalized spacial score (nSPS) is 12.4. The number of nitrogens with zero attached hydrogens (tertiary/aromatic N) is 3. The predicted octanol–water partition coefficient (Wildman–Crippen LogP) is 2.99. The molecule has 5 nitrogen and oxygen atoms in total. The van der Waals surface area contributed by atoms with Crippen molar-refractivity contribution in [2.75, 3.05) is 11.9 Å². The minimum atomic E-state index is -4.58. The summed E-state index contributed by atoms with van der Waals surface area (Å²) in [5.41, 5.74) is 1.19. The lowest BCUT2D eigenvalue weighted by Crippen LogP contribution is -2.17. The molecule has 128 valence electrons. The van der Waals surface area contributed by atoms with Crippen molar-refractivity contribution in [1.82, 2.24) is 14.8 Å². The van der Waals surface area contributed by atoms with Crippen LogP contribution in [0.25, 0.3) is 0 Å². The average molecular weight is 359 g/mol. The highest BCUT2D eigenvalue weighted by molar-refractivity contribution is 6.29. The van der Waals surface area contributed by atoms with E-state index in [0.717, 1.165) is 12.4 Å². The molecule has 24 heavy (non-hydrogen) atoms. The minimum absolute atomic E-state index is 0.0185. The van der Waals surface area contributed by atoms with Gasteiger partial charge in [0, 0.05) is 25.0 Å². The fourth-order valence-electron chi connectivity index (χ4n) is 1.85. The number of alkyl halides is 3. The molecule has 0 aromatic carbocycles. The Morgan fingerprint density at radius 1 is 1.38 bits per heavy atom. The van der Waals surface area contributed by atoms with Gasteiger partial charge in [-0.2, -0.15) is 9.78 Å². The predicted molar refractivity (Wildman–Crippen MR) is 83.5 cm³/mol. The van der Waals surface area contributed by atoms with Gasteiger partial charge in [-0.05, 0) is 19.4 Å². The highest BCUT2D eigenvalue weighted by Gasteiger charge is 2.31. The van der Waals surface area contributed by atoms with E-state index in [2.05, 4.69) is 27.2 Å². The zero-order chi connectivity index (χ0) is 17.7. The number of rotatable bonds is 4. The number of aliphatic hydroxyl groups excluding tert-OH is 1. The molecule has 0 radical (unpaired) electrons. The average Bonchev–Trinajstić information content (AvgIpc) is 2.95. The van der Waals surface area contributed by atoms with Crippen LogP contribution in [0.1, 0.15) is 24.5 Å². The van der Waals surface area contributed by atoms with Crippen LogP contribution in [0.2, 0.25) is 5.15 Å². The van der Waals surface area contributed by atoms with Gasteiger partial charge in [-0.15, -0.1) is 13.2 Å². The summed E-state index contributed by atoms with van der Waals surface area (Å²) in [5.74, 6) is 5.36. The van der Waals surface area contributed by atoms with Crippen molar-refractivity contribution in [2.45, 2.75) is 25.7 Å². The molecule has 1 atom stereocenters. The fourth-order valence-corrected chi connectivity index (χ4v) is 2.00. The van der Waals surface area contributed by atoms with E-state index < -0.39 is 6.30 Å². The fraction of sp³-hybridized carbons (Fsp3) is 0.333. The summed E-state index contributed by atoms with van der Waals surface area (Å²) in [6, 6.07) is 1.53. The Morgan fingerprint density at radius 2 is 2.12 bits per heavy atom. The molecular weight excluding hydrogens is 345 g/mol. The molecule has 0 fully saturated rings. The third-order valence-corrected chi connectivity index (χ3v) is 3.23. The standard InChI is InChI=1S/C15H14ClF3N4O/c1-10(4-5-24)22-13-6-14(16)20-8-12(13)3-2-11-7-21-23(9-11)15(17,18)19/h6-10,24H,4-5H2,1H3,(H,20,22)/t10-/m1/s1. The van der Waals surface area contributed by atoms with Crippen LogP contribution in [0, 0.1) is 11.8 Å². The number of halogens is 4. The van der Waals surface area contributed by atoms with E-state index >= 15 is 0 Å². The minimum Gasteiger partial charge on any atom is -0.396 e. The third-order valence-electron chi connectivity index (χ3n) is 3.02. The summed E-state index contributed by atoms with van der Waals surface area (Å²) in [4.78, 5) is 3.92. The van der Waals surface area contributed by atoms with Gasteiger partial charge in [-0.25, -0.2) is 4.98 Å². The molecule has 0 bridgehead atoms. The number of pyridine rings is 1. The smallest absolute Gasteiger partial charge is 0.396 e. The van der Waals surface area contributed by atoms with Gasteiger partial charge >= 0.3 is 6.30 Å². The number of nitrogens with one attached hydrogen (secondary N) is 1. The molecule has 2 aromatic rings. The molecule has 0 saturated heterocycles. The number of anilines is 1. The van der Waals surface area contributed by atoms with Crippen molar-refractivity contribution in [3.05, 3.63) is 40.9 Å². The zero-order valence-electron chi connectivity index (χ0n) is 12.6. The Balaban J connectivity index is 2.25. The summed E-state index contributed by atoms with van der Waals surface area (Å²) in [6.07, 6.45) is -0.792. The second-order valence-corrected chi connectivity index (χ2v) is 5.39. The van der Waals surface area contributed by atoms with Crippen LogP contribution < -0.4 is 5.32 Å². The highest BCUT2D eigenvalue weighted by atomic mass is 35.5. The summed E-state index contributed by atoms with van der Waals surface area (Å²) in [6.45, 7) is 1.89. The van der Waals surface area contributed by atoms with Gasteiger partial charge in [-0.3, -0.25) is 0 Å². The summed E-state index contributed by atoms with van der Waals surface area (Å²) < 4.78 is 37.3. The van der Waals surface area contributed by atoms with Gasteiger partial charge < -0.3 is 10.4 Å². The third kappa shape index (κ3) is 4.88. The van der Waals surface area contributed by atoms with Gasteiger partial charge in [0.05, 0.1) is 23.0 Å². The summed E-state index contributed by atoms with van der Waals surface area (Å²) in [7, 11) is 0. The molecule has 0 amide bonds. The topological polar surface area (TPSA) is 63.0 Å². The molecule has 0 aliphatic rings. The first-order chi connectivity index (χ1) is 11.3. The van der Waals surface area contributed by atoms with Gasteiger partial charge in [-0.1, -0.05) is 23.4 Å². The van der Waals surface area contributed by atoms with E-state index in [1.807, 2.05) is 6.92 Å². The van der Waals surface area contributed by atoms with Crippen LogP contribution in [-0.2, 0) is 6.30 Å². The molecule has 2 rings (SSSR count). The van der Waals surface area contributed by atoms with Crippen molar-refractivity contribution < 1.29 is 18.3 Å². The summed E-state index contributed by atoms with van der Waals surface area (Å²) >= 11 is 5.86. The van der Waals surface area contributed by atoms with Crippen molar-refractivity contribution >= 4 is 17.3 Å². The first-order valence-corrected chi connectivity index (χ1v) is 7.34.